The molecule has 0 unspecified atom stereocenters. The molecule has 1 heterocycles. The Hall–Kier alpha value is -2.28. The van der Waals surface area contributed by atoms with E-state index in [9.17, 15) is 9.59 Å². The van der Waals surface area contributed by atoms with Crippen molar-refractivity contribution in [3.05, 3.63) is 24.3 Å². The zero-order valence-corrected chi connectivity index (χ0v) is 16.1. The molecule has 7 nitrogen and oxygen atoms in total. The molecular weight excluding hydrogens is 334 g/mol. The van der Waals surface area contributed by atoms with Gasteiger partial charge in [-0.3, -0.25) is 9.69 Å². The van der Waals surface area contributed by atoms with Crippen molar-refractivity contribution in [1.82, 2.24) is 9.80 Å². The van der Waals surface area contributed by atoms with Crippen molar-refractivity contribution in [3.63, 3.8) is 0 Å². The van der Waals surface area contributed by atoms with E-state index in [0.29, 0.717) is 31.1 Å². The molecule has 144 valence electrons. The number of amides is 2. The smallest absolute Gasteiger partial charge is 0.410 e. The Morgan fingerprint density at radius 1 is 1.12 bits per heavy atom. The first-order valence-corrected chi connectivity index (χ1v) is 8.94. The van der Waals surface area contributed by atoms with Gasteiger partial charge in [-0.2, -0.15) is 0 Å². The minimum Gasteiger partial charge on any atom is -0.490 e. The molecule has 1 N–H and O–H groups in total. The van der Waals surface area contributed by atoms with Gasteiger partial charge >= 0.3 is 6.09 Å². The van der Waals surface area contributed by atoms with E-state index in [4.69, 9.17) is 9.47 Å². The Bertz CT molecular complexity index is 619. The van der Waals surface area contributed by atoms with Crippen LogP contribution in [0.3, 0.4) is 0 Å². The van der Waals surface area contributed by atoms with Crippen LogP contribution in [-0.2, 0) is 9.53 Å². The molecule has 1 aromatic rings. The monoisotopic (exact) mass is 363 g/mol. The number of hydrogen-bond donors (Lipinski definition) is 1. The Labute approximate surface area is 155 Å². The number of carbonyl (C=O) groups is 2. The van der Waals surface area contributed by atoms with Gasteiger partial charge in [-0.05, 0) is 32.9 Å². The number of nitrogens with zero attached hydrogens (tertiary/aromatic N) is 2. The van der Waals surface area contributed by atoms with Crippen molar-refractivity contribution in [3.8, 4) is 5.75 Å². The molecule has 1 aliphatic heterocycles. The maximum absolute atomic E-state index is 12.1. The molecular formula is C19H29N3O4. The van der Waals surface area contributed by atoms with E-state index in [2.05, 4.69) is 10.2 Å². The third-order valence-electron chi connectivity index (χ3n) is 3.89. The minimum atomic E-state index is -0.469. The maximum atomic E-state index is 12.1. The number of benzene rings is 1. The maximum Gasteiger partial charge on any atom is 0.410 e. The highest BCUT2D eigenvalue weighted by Gasteiger charge is 2.25. The van der Waals surface area contributed by atoms with E-state index in [-0.39, 0.29) is 12.0 Å². The van der Waals surface area contributed by atoms with Crippen LogP contribution < -0.4 is 10.1 Å². The van der Waals surface area contributed by atoms with Gasteiger partial charge in [0.05, 0.1) is 5.69 Å². The molecule has 0 bridgehead atoms. The Kier molecular flexibility index (Phi) is 6.85. The van der Waals surface area contributed by atoms with Crippen molar-refractivity contribution >= 4 is 17.7 Å². The van der Waals surface area contributed by atoms with Gasteiger partial charge < -0.3 is 19.7 Å². The molecule has 1 aromatic carbocycles. The fourth-order valence-electron chi connectivity index (χ4n) is 2.65. The summed E-state index contributed by atoms with van der Waals surface area (Å²) < 4.78 is 11.2. The van der Waals surface area contributed by atoms with Crippen molar-refractivity contribution in [1.29, 1.82) is 0 Å². The zero-order valence-electron chi connectivity index (χ0n) is 16.1. The highest BCUT2D eigenvalue weighted by atomic mass is 16.6. The first kappa shape index (κ1) is 20.0. The van der Waals surface area contributed by atoms with Crippen LogP contribution in [-0.4, -0.2) is 66.7 Å². The van der Waals surface area contributed by atoms with Gasteiger partial charge in [-0.15, -0.1) is 0 Å². The minimum absolute atomic E-state index is 0.126. The molecule has 0 saturated carbocycles. The van der Waals surface area contributed by atoms with Crippen LogP contribution in [0.1, 0.15) is 27.7 Å². The molecule has 0 aromatic heterocycles. The third-order valence-corrected chi connectivity index (χ3v) is 3.89. The van der Waals surface area contributed by atoms with Gasteiger partial charge in [-0.1, -0.05) is 12.1 Å². The highest BCUT2D eigenvalue weighted by molar-refractivity contribution is 5.90. The van der Waals surface area contributed by atoms with E-state index in [1.807, 2.05) is 45.0 Å². The average molecular weight is 363 g/mol. The zero-order chi connectivity index (χ0) is 19.2. The molecule has 0 radical (unpaired) electrons. The summed E-state index contributed by atoms with van der Waals surface area (Å²) in [5.74, 6) is 0.536. The largest absolute Gasteiger partial charge is 0.490 e. The predicted octanol–water partition coefficient (Wildman–Crippen LogP) is 2.58. The molecule has 1 saturated heterocycles. The van der Waals surface area contributed by atoms with Crippen LogP contribution in [0.4, 0.5) is 10.5 Å². The number of nitrogens with one attached hydrogen (secondary N) is 1. The molecule has 7 heteroatoms. The Morgan fingerprint density at radius 2 is 1.77 bits per heavy atom. The molecule has 2 rings (SSSR count). The van der Waals surface area contributed by atoms with Gasteiger partial charge in [0.2, 0.25) is 5.91 Å². The Morgan fingerprint density at radius 3 is 2.38 bits per heavy atom. The molecule has 0 spiro atoms. The van der Waals surface area contributed by atoms with Crippen LogP contribution >= 0.6 is 0 Å². The average Bonchev–Trinajstić information content (AvgIpc) is 2.55. The number of anilines is 1. The van der Waals surface area contributed by atoms with Crippen LogP contribution in [0.25, 0.3) is 0 Å². The Balaban J connectivity index is 1.74. The van der Waals surface area contributed by atoms with E-state index in [0.717, 1.165) is 19.6 Å². The van der Waals surface area contributed by atoms with Gasteiger partial charge in [0, 0.05) is 39.6 Å². The third kappa shape index (κ3) is 6.55. The van der Waals surface area contributed by atoms with E-state index in [1.54, 1.807) is 4.90 Å². The molecule has 2 amide bonds. The van der Waals surface area contributed by atoms with Crippen LogP contribution in [0.15, 0.2) is 24.3 Å². The summed E-state index contributed by atoms with van der Waals surface area (Å²) in [6, 6.07) is 7.39. The van der Waals surface area contributed by atoms with E-state index < -0.39 is 5.60 Å². The summed E-state index contributed by atoms with van der Waals surface area (Å²) in [7, 11) is 0. The molecule has 0 atom stereocenters. The molecule has 0 aliphatic carbocycles. The van der Waals surface area contributed by atoms with Crippen molar-refractivity contribution in [2.24, 2.45) is 0 Å². The van der Waals surface area contributed by atoms with Crippen molar-refractivity contribution in [2.75, 3.05) is 44.6 Å². The van der Waals surface area contributed by atoms with Gasteiger partial charge in [-0.25, -0.2) is 4.79 Å². The summed E-state index contributed by atoms with van der Waals surface area (Å²) in [6.07, 6.45) is -0.252. The van der Waals surface area contributed by atoms with Crippen molar-refractivity contribution in [2.45, 2.75) is 33.3 Å². The fraction of sp³-hybridized carbons (Fsp3) is 0.579. The first-order chi connectivity index (χ1) is 12.2. The topological polar surface area (TPSA) is 71.1 Å². The lowest BCUT2D eigenvalue weighted by molar-refractivity contribution is -0.114. The molecule has 26 heavy (non-hydrogen) atoms. The standard InChI is InChI=1S/C19H29N3O4/c1-15(23)20-16-7-5-6-8-17(16)25-14-13-21-9-11-22(12-10-21)18(24)26-19(2,3)4/h5-8H,9-14H2,1-4H3,(H,20,23). The second-order valence-electron chi connectivity index (χ2n) is 7.33. The summed E-state index contributed by atoms with van der Waals surface area (Å²) in [4.78, 5) is 27.3. The second-order valence-corrected chi connectivity index (χ2v) is 7.33. The normalized spacial score (nSPS) is 15.5. The highest BCUT2D eigenvalue weighted by Crippen LogP contribution is 2.23. The predicted molar refractivity (Wildman–Crippen MR) is 100 cm³/mol. The SMILES string of the molecule is CC(=O)Nc1ccccc1OCCN1CCN(C(=O)OC(C)(C)C)CC1. The fourth-order valence-corrected chi connectivity index (χ4v) is 2.65. The number of rotatable bonds is 5. The summed E-state index contributed by atoms with van der Waals surface area (Å²) in [5.41, 5.74) is 0.207. The van der Waals surface area contributed by atoms with Crippen LogP contribution in [0.5, 0.6) is 5.75 Å². The van der Waals surface area contributed by atoms with E-state index >= 15 is 0 Å². The number of ether oxygens (including phenoxy) is 2. The number of piperazine rings is 1. The summed E-state index contributed by atoms with van der Waals surface area (Å²) in [5, 5.41) is 2.76. The first-order valence-electron chi connectivity index (χ1n) is 8.94. The number of carbonyl (C=O) groups excluding carboxylic acids is 2. The van der Waals surface area contributed by atoms with Gasteiger partial charge in [0.1, 0.15) is 18.0 Å². The number of hydrogen-bond acceptors (Lipinski definition) is 5. The summed E-state index contributed by atoms with van der Waals surface area (Å²) in [6.45, 7) is 11.2. The van der Waals surface area contributed by atoms with Crippen LogP contribution in [0.2, 0.25) is 0 Å². The molecule has 1 aliphatic rings. The lowest BCUT2D eigenvalue weighted by Crippen LogP contribution is -2.50. The molecule has 1 fully saturated rings. The van der Waals surface area contributed by atoms with Gasteiger partial charge in [0.25, 0.3) is 0 Å². The van der Waals surface area contributed by atoms with E-state index in [1.165, 1.54) is 6.92 Å². The lowest BCUT2D eigenvalue weighted by atomic mass is 10.2. The van der Waals surface area contributed by atoms with Gasteiger partial charge in [0.15, 0.2) is 0 Å². The number of para-hydroxylation sites is 2. The summed E-state index contributed by atoms with van der Waals surface area (Å²) >= 11 is 0. The second kappa shape index (κ2) is 8.89. The lowest BCUT2D eigenvalue weighted by Gasteiger charge is -2.35. The van der Waals surface area contributed by atoms with Crippen LogP contribution in [0, 0.1) is 0 Å². The van der Waals surface area contributed by atoms with Crippen molar-refractivity contribution < 1.29 is 19.1 Å². The quantitative estimate of drug-likeness (QED) is 0.871.